The Kier molecular flexibility index (Phi) is 1.08. The molecule has 0 unspecified atom stereocenters. The largest absolute Gasteiger partial charge is 0.497 e. The van der Waals surface area contributed by atoms with Gasteiger partial charge in [0.1, 0.15) is 0 Å². The Morgan fingerprint density at radius 2 is 2.11 bits per heavy atom. The number of allylic oxidation sites excluding steroid dienone is 2. The topological polar surface area (TPSA) is 9.23 Å². The van der Waals surface area contributed by atoms with Crippen molar-refractivity contribution >= 4 is 0 Å². The molecule has 9 heavy (non-hydrogen) atoms. The van der Waals surface area contributed by atoms with E-state index in [-0.39, 0.29) is 0 Å². The zero-order valence-electron chi connectivity index (χ0n) is 5.39. The molecule has 0 saturated heterocycles. The van der Waals surface area contributed by atoms with Crippen LogP contribution in [0.2, 0.25) is 0 Å². The van der Waals surface area contributed by atoms with Gasteiger partial charge < -0.3 is 4.74 Å². The third kappa shape index (κ3) is 0.766. The van der Waals surface area contributed by atoms with E-state index in [0.717, 1.165) is 19.4 Å². The molecule has 0 amide bonds. The van der Waals surface area contributed by atoms with Gasteiger partial charge in [-0.2, -0.15) is 0 Å². The molecule has 2 rings (SSSR count). The van der Waals surface area contributed by atoms with Crippen molar-refractivity contribution in [3.8, 4) is 0 Å². The average molecular weight is 122 g/mol. The summed E-state index contributed by atoms with van der Waals surface area (Å²) in [5, 5.41) is 0. The molecule has 0 fully saturated rings. The van der Waals surface area contributed by atoms with Crippen LogP contribution in [0.25, 0.3) is 0 Å². The Morgan fingerprint density at radius 1 is 1.22 bits per heavy atom. The molecule has 0 radical (unpaired) electrons. The molecule has 1 aliphatic heterocycles. The van der Waals surface area contributed by atoms with Crippen molar-refractivity contribution in [1.29, 1.82) is 0 Å². The molecular formula is C8H10O. The van der Waals surface area contributed by atoms with Gasteiger partial charge in [0.25, 0.3) is 0 Å². The number of ether oxygens (including phenoxy) is 1. The molecule has 0 atom stereocenters. The Hall–Kier alpha value is -0.720. The fourth-order valence-corrected chi connectivity index (χ4v) is 1.37. The molecule has 1 heteroatoms. The second kappa shape index (κ2) is 1.90. The molecule has 0 spiro atoms. The van der Waals surface area contributed by atoms with Crippen LogP contribution in [0.1, 0.15) is 19.3 Å². The highest BCUT2D eigenvalue weighted by molar-refractivity contribution is 5.22. The van der Waals surface area contributed by atoms with Gasteiger partial charge in [-0.3, -0.25) is 0 Å². The van der Waals surface area contributed by atoms with Crippen LogP contribution >= 0.6 is 0 Å². The highest BCUT2D eigenvalue weighted by Crippen LogP contribution is 2.28. The minimum Gasteiger partial charge on any atom is -0.497 e. The third-order valence-corrected chi connectivity index (χ3v) is 1.91. The molecule has 0 N–H and O–H groups in total. The predicted molar refractivity (Wildman–Crippen MR) is 36.0 cm³/mol. The quantitative estimate of drug-likeness (QED) is 0.446. The fourth-order valence-electron chi connectivity index (χ4n) is 1.37. The van der Waals surface area contributed by atoms with Crippen molar-refractivity contribution < 1.29 is 4.74 Å². The van der Waals surface area contributed by atoms with E-state index in [1.165, 1.54) is 17.8 Å². The van der Waals surface area contributed by atoms with Gasteiger partial charge in [0.15, 0.2) is 0 Å². The van der Waals surface area contributed by atoms with E-state index in [0.29, 0.717) is 0 Å². The zero-order valence-corrected chi connectivity index (χ0v) is 5.39. The van der Waals surface area contributed by atoms with Crippen LogP contribution in [0.4, 0.5) is 0 Å². The Bertz CT molecular complexity index is 159. The molecule has 2 aliphatic rings. The highest BCUT2D eigenvalue weighted by atomic mass is 16.5. The van der Waals surface area contributed by atoms with Crippen LogP contribution in [0.5, 0.6) is 0 Å². The van der Waals surface area contributed by atoms with Crippen LogP contribution in [0.15, 0.2) is 23.5 Å². The van der Waals surface area contributed by atoms with Crippen molar-refractivity contribution in [1.82, 2.24) is 0 Å². The van der Waals surface area contributed by atoms with Gasteiger partial charge in [-0.25, -0.2) is 0 Å². The summed E-state index contributed by atoms with van der Waals surface area (Å²) in [5.74, 6) is 1.25. The molecule has 48 valence electrons. The van der Waals surface area contributed by atoms with E-state index < -0.39 is 0 Å². The smallest absolute Gasteiger partial charge is 0.0993 e. The minimum absolute atomic E-state index is 0.923. The average Bonchev–Trinajstić information content (AvgIpc) is 2.33. The van der Waals surface area contributed by atoms with E-state index in [1.54, 1.807) is 0 Å². The number of hydrogen-bond acceptors (Lipinski definition) is 1. The SMILES string of the molecule is C1=CCC2=C(C1)CCO2. The third-order valence-electron chi connectivity index (χ3n) is 1.91. The normalized spacial score (nSPS) is 24.0. The van der Waals surface area contributed by atoms with E-state index >= 15 is 0 Å². The van der Waals surface area contributed by atoms with Crippen molar-refractivity contribution in [2.24, 2.45) is 0 Å². The molecule has 0 aromatic heterocycles. The first-order valence-corrected chi connectivity index (χ1v) is 3.45. The molecule has 0 bridgehead atoms. The van der Waals surface area contributed by atoms with Gasteiger partial charge in [0.05, 0.1) is 12.4 Å². The van der Waals surface area contributed by atoms with Gasteiger partial charge in [0, 0.05) is 12.8 Å². The maximum atomic E-state index is 5.39. The molecule has 1 aliphatic carbocycles. The molecular weight excluding hydrogens is 112 g/mol. The van der Waals surface area contributed by atoms with Gasteiger partial charge >= 0.3 is 0 Å². The molecule has 1 nitrogen and oxygen atoms in total. The lowest BCUT2D eigenvalue weighted by Gasteiger charge is -2.05. The Morgan fingerprint density at radius 3 is 3.00 bits per heavy atom. The van der Waals surface area contributed by atoms with Gasteiger partial charge in [0.2, 0.25) is 0 Å². The Labute approximate surface area is 55.0 Å². The van der Waals surface area contributed by atoms with E-state index in [9.17, 15) is 0 Å². The van der Waals surface area contributed by atoms with Crippen LogP contribution in [-0.4, -0.2) is 6.61 Å². The van der Waals surface area contributed by atoms with Crippen LogP contribution < -0.4 is 0 Å². The lowest BCUT2D eigenvalue weighted by molar-refractivity contribution is 0.239. The van der Waals surface area contributed by atoms with E-state index in [2.05, 4.69) is 12.2 Å². The summed E-state index contributed by atoms with van der Waals surface area (Å²) in [7, 11) is 0. The first kappa shape index (κ1) is 5.10. The van der Waals surface area contributed by atoms with Crippen molar-refractivity contribution in [2.75, 3.05) is 6.61 Å². The predicted octanol–water partition coefficient (Wildman–Crippen LogP) is 2.01. The second-order valence-electron chi connectivity index (χ2n) is 2.50. The molecule has 1 heterocycles. The summed E-state index contributed by atoms with van der Waals surface area (Å²) in [6.45, 7) is 0.923. The van der Waals surface area contributed by atoms with Crippen molar-refractivity contribution in [3.63, 3.8) is 0 Å². The summed E-state index contributed by atoms with van der Waals surface area (Å²) in [6.07, 6.45) is 7.75. The van der Waals surface area contributed by atoms with Crippen LogP contribution in [0, 0.1) is 0 Å². The lowest BCUT2D eigenvalue weighted by Crippen LogP contribution is -1.88. The standard InChI is InChI=1S/C8H10O/c1-2-4-8-7(3-1)5-6-9-8/h1-2H,3-6H2. The van der Waals surface area contributed by atoms with Crippen LogP contribution in [0.3, 0.4) is 0 Å². The van der Waals surface area contributed by atoms with Crippen molar-refractivity contribution in [3.05, 3.63) is 23.5 Å². The monoisotopic (exact) mass is 122 g/mol. The summed E-state index contributed by atoms with van der Waals surface area (Å²) in [6, 6.07) is 0. The molecule has 0 saturated carbocycles. The van der Waals surface area contributed by atoms with Crippen molar-refractivity contribution in [2.45, 2.75) is 19.3 Å². The lowest BCUT2D eigenvalue weighted by atomic mass is 10.0. The van der Waals surface area contributed by atoms with Gasteiger partial charge in [-0.05, 0) is 12.0 Å². The second-order valence-corrected chi connectivity index (χ2v) is 2.50. The number of hydrogen-bond donors (Lipinski definition) is 0. The van der Waals surface area contributed by atoms with Gasteiger partial charge in [-0.15, -0.1) is 0 Å². The highest BCUT2D eigenvalue weighted by Gasteiger charge is 2.15. The van der Waals surface area contributed by atoms with E-state index in [1.807, 2.05) is 0 Å². The van der Waals surface area contributed by atoms with E-state index in [4.69, 9.17) is 4.74 Å². The van der Waals surface area contributed by atoms with Gasteiger partial charge in [-0.1, -0.05) is 12.2 Å². The summed E-state index contributed by atoms with van der Waals surface area (Å²) in [4.78, 5) is 0. The summed E-state index contributed by atoms with van der Waals surface area (Å²) in [5.41, 5.74) is 1.53. The summed E-state index contributed by atoms with van der Waals surface area (Å²) >= 11 is 0. The fraction of sp³-hybridized carbons (Fsp3) is 0.500. The first-order chi connectivity index (χ1) is 4.47. The Balaban J connectivity index is 2.21. The maximum Gasteiger partial charge on any atom is 0.0993 e. The zero-order chi connectivity index (χ0) is 6.10. The first-order valence-electron chi connectivity index (χ1n) is 3.45. The minimum atomic E-state index is 0.923. The van der Waals surface area contributed by atoms with Crippen LogP contribution in [-0.2, 0) is 4.74 Å². The number of rotatable bonds is 0. The molecule has 0 aromatic carbocycles. The summed E-state index contributed by atoms with van der Waals surface area (Å²) < 4.78 is 5.39. The molecule has 0 aromatic rings. The maximum absolute atomic E-state index is 5.39.